The van der Waals surface area contributed by atoms with Gasteiger partial charge in [-0.05, 0) is 123 Å². The van der Waals surface area contributed by atoms with Crippen molar-refractivity contribution in [1.82, 2.24) is 0 Å². The molecule has 0 atom stereocenters. The van der Waals surface area contributed by atoms with Gasteiger partial charge in [0, 0.05) is 26.6 Å². The highest BCUT2D eigenvalue weighted by atomic mass is 32.1. The highest BCUT2D eigenvalue weighted by Crippen LogP contribution is 2.41. The normalized spacial score (nSPS) is 11.2. The van der Waals surface area contributed by atoms with Gasteiger partial charge in [-0.25, -0.2) is 0 Å². The third-order valence-corrected chi connectivity index (χ3v) is 10.7. The highest BCUT2D eigenvalue weighted by Gasteiger charge is 2.16. The van der Waals surface area contributed by atoms with E-state index in [1.807, 2.05) is 23.5 Å². The molecule has 1 aromatic heterocycles. The number of anilines is 3. The molecular formula is C49H37NS. The van der Waals surface area contributed by atoms with Gasteiger partial charge < -0.3 is 4.90 Å². The van der Waals surface area contributed by atoms with E-state index < -0.39 is 0 Å². The summed E-state index contributed by atoms with van der Waals surface area (Å²) < 4.78 is 1.28. The van der Waals surface area contributed by atoms with Crippen LogP contribution in [0.1, 0.15) is 10.4 Å². The fourth-order valence-electron chi connectivity index (χ4n) is 6.75. The monoisotopic (exact) mass is 671 g/mol. The van der Waals surface area contributed by atoms with Gasteiger partial charge in [0.15, 0.2) is 0 Å². The molecule has 8 aromatic rings. The van der Waals surface area contributed by atoms with Gasteiger partial charge in [0.2, 0.25) is 0 Å². The molecule has 0 aliphatic carbocycles. The van der Waals surface area contributed by atoms with Crippen LogP contribution < -0.4 is 4.90 Å². The lowest BCUT2D eigenvalue weighted by Gasteiger charge is -2.26. The molecule has 0 radical (unpaired) electrons. The molecule has 0 spiro atoms. The second kappa shape index (κ2) is 14.3. The largest absolute Gasteiger partial charge is 0.310 e. The minimum Gasteiger partial charge on any atom is -0.310 e. The Morgan fingerprint density at radius 1 is 0.451 bits per heavy atom. The molecule has 51 heavy (non-hydrogen) atoms. The van der Waals surface area contributed by atoms with E-state index in [9.17, 15) is 0 Å². The Balaban J connectivity index is 1.18. The predicted molar refractivity (Wildman–Crippen MR) is 222 cm³/mol. The fraction of sp³-hybridized carbons (Fsp3) is 0.0204. The molecule has 244 valence electrons. The van der Waals surface area contributed by atoms with Crippen molar-refractivity contribution in [1.29, 1.82) is 0 Å². The maximum absolute atomic E-state index is 3.86. The first-order valence-electron chi connectivity index (χ1n) is 17.3. The molecule has 8 rings (SSSR count). The summed E-state index contributed by atoms with van der Waals surface area (Å²) >= 11 is 1.82. The van der Waals surface area contributed by atoms with E-state index >= 15 is 0 Å². The molecule has 0 amide bonds. The summed E-state index contributed by atoms with van der Waals surface area (Å²) in [6.45, 7) is 6.08. The molecule has 0 N–H and O–H groups in total. The van der Waals surface area contributed by atoms with Crippen LogP contribution in [0.2, 0.25) is 0 Å². The van der Waals surface area contributed by atoms with Gasteiger partial charge >= 0.3 is 0 Å². The van der Waals surface area contributed by atoms with Crippen LogP contribution in [0.25, 0.3) is 60.7 Å². The number of nitrogens with zero attached hydrogens (tertiary/aromatic N) is 1. The second-order valence-corrected chi connectivity index (χ2v) is 13.8. The van der Waals surface area contributed by atoms with Crippen LogP contribution in [0.15, 0.2) is 195 Å². The van der Waals surface area contributed by atoms with Gasteiger partial charge in [0.25, 0.3) is 0 Å². The maximum atomic E-state index is 3.86. The molecule has 0 saturated heterocycles. The average Bonchev–Trinajstić information content (AvgIpc) is 3.52. The molecule has 0 aliphatic heterocycles. The molecule has 0 saturated carbocycles. The Morgan fingerprint density at radius 3 is 1.35 bits per heavy atom. The number of benzene rings is 7. The van der Waals surface area contributed by atoms with Crippen LogP contribution in [0.3, 0.4) is 0 Å². The smallest absolute Gasteiger partial charge is 0.0468 e. The highest BCUT2D eigenvalue weighted by molar-refractivity contribution is 7.20. The Labute approximate surface area is 304 Å². The maximum Gasteiger partial charge on any atom is 0.0468 e. The zero-order valence-corrected chi connectivity index (χ0v) is 29.4. The van der Waals surface area contributed by atoms with Crippen LogP contribution in [-0.2, 0) is 0 Å². The van der Waals surface area contributed by atoms with Gasteiger partial charge in [-0.15, -0.1) is 11.3 Å². The Morgan fingerprint density at radius 2 is 0.882 bits per heavy atom. The van der Waals surface area contributed by atoms with Gasteiger partial charge in [-0.3, -0.25) is 0 Å². The molecule has 0 aliphatic rings. The van der Waals surface area contributed by atoms with Crippen molar-refractivity contribution >= 4 is 44.6 Å². The summed E-state index contributed by atoms with van der Waals surface area (Å²) in [6, 6.07) is 63.5. The first-order chi connectivity index (χ1) is 25.1. The Hall–Kier alpha value is -6.22. The van der Waals surface area contributed by atoms with Crippen molar-refractivity contribution in [3.8, 4) is 44.5 Å². The van der Waals surface area contributed by atoms with Crippen LogP contribution in [0, 0.1) is 6.92 Å². The van der Waals surface area contributed by atoms with E-state index in [1.54, 1.807) is 0 Å². The van der Waals surface area contributed by atoms with Crippen molar-refractivity contribution in [2.24, 2.45) is 0 Å². The van der Waals surface area contributed by atoms with Crippen LogP contribution in [0.4, 0.5) is 17.1 Å². The van der Waals surface area contributed by atoms with Crippen LogP contribution >= 0.6 is 11.3 Å². The first-order valence-corrected chi connectivity index (χ1v) is 18.1. The summed E-state index contributed by atoms with van der Waals surface area (Å²) in [5.74, 6) is 0. The van der Waals surface area contributed by atoms with Crippen molar-refractivity contribution in [2.75, 3.05) is 4.90 Å². The number of allylic oxidation sites excluding steroid dienone is 2. The topological polar surface area (TPSA) is 3.24 Å². The average molecular weight is 672 g/mol. The van der Waals surface area contributed by atoms with Crippen LogP contribution in [-0.4, -0.2) is 0 Å². The van der Waals surface area contributed by atoms with E-state index in [-0.39, 0.29) is 0 Å². The molecule has 0 unspecified atom stereocenters. The molecule has 7 aromatic carbocycles. The van der Waals surface area contributed by atoms with Gasteiger partial charge in [0.1, 0.15) is 0 Å². The number of fused-ring (bicyclic) bond motifs is 1. The number of hydrogen-bond acceptors (Lipinski definition) is 2. The third kappa shape index (κ3) is 6.70. The minimum absolute atomic E-state index is 1.11. The number of thiophene rings is 1. The van der Waals surface area contributed by atoms with E-state index in [0.29, 0.717) is 0 Å². The molecule has 1 nitrogen and oxygen atoms in total. The fourth-order valence-corrected chi connectivity index (χ4v) is 7.86. The third-order valence-electron chi connectivity index (χ3n) is 9.46. The standard InChI is InChI=1S/C49H37NS/c1-3-4-21-48-35(2)47-34-46(30-31-49(47)51-48)50(44-26-22-38(23-27-44)42-19-11-17-40(32-42)36-13-7-5-8-14-36)45-28-24-39(25-29-45)43-20-12-18-41(33-43)37-15-9-6-10-16-37/h3-34H,1H2,2H3/b21-4-. The van der Waals surface area contributed by atoms with Gasteiger partial charge in [-0.1, -0.05) is 140 Å². The number of aryl methyl sites for hydroxylation is 1. The predicted octanol–water partition coefficient (Wildman–Crippen LogP) is 14.5. The summed E-state index contributed by atoms with van der Waals surface area (Å²) in [7, 11) is 0. The summed E-state index contributed by atoms with van der Waals surface area (Å²) in [4.78, 5) is 3.63. The van der Waals surface area contributed by atoms with Crippen LogP contribution in [0.5, 0.6) is 0 Å². The van der Waals surface area contributed by atoms with E-state index in [4.69, 9.17) is 0 Å². The molecular weight excluding hydrogens is 635 g/mol. The second-order valence-electron chi connectivity index (χ2n) is 12.7. The lowest BCUT2D eigenvalue weighted by Crippen LogP contribution is -2.09. The summed E-state index contributed by atoms with van der Waals surface area (Å²) in [5, 5.41) is 1.27. The summed E-state index contributed by atoms with van der Waals surface area (Å²) in [6.07, 6.45) is 6.00. The van der Waals surface area contributed by atoms with Crippen molar-refractivity contribution < 1.29 is 0 Å². The first kappa shape index (κ1) is 32.0. The van der Waals surface area contributed by atoms with E-state index in [1.165, 1.54) is 65.0 Å². The molecule has 2 heteroatoms. The molecule has 0 fully saturated rings. The van der Waals surface area contributed by atoms with Crippen molar-refractivity contribution in [3.05, 3.63) is 205 Å². The Kier molecular flexibility index (Phi) is 8.99. The SMILES string of the molecule is C=C/C=C\c1sc2ccc(N(c3ccc(-c4cccc(-c5ccccc5)c4)cc3)c3ccc(-c4cccc(-c5ccccc5)c4)cc3)cc2c1C. The van der Waals surface area contributed by atoms with Gasteiger partial charge in [0.05, 0.1) is 0 Å². The van der Waals surface area contributed by atoms with Gasteiger partial charge in [-0.2, -0.15) is 0 Å². The quantitative estimate of drug-likeness (QED) is 0.138. The van der Waals surface area contributed by atoms with E-state index in [0.717, 1.165) is 17.1 Å². The zero-order chi connectivity index (χ0) is 34.6. The van der Waals surface area contributed by atoms with E-state index in [2.05, 4.69) is 200 Å². The lowest BCUT2D eigenvalue weighted by atomic mass is 9.98. The lowest BCUT2D eigenvalue weighted by molar-refractivity contribution is 1.29. The van der Waals surface area contributed by atoms with Crippen molar-refractivity contribution in [2.45, 2.75) is 6.92 Å². The summed E-state index contributed by atoms with van der Waals surface area (Å²) in [5.41, 5.74) is 14.3. The van der Waals surface area contributed by atoms with Crippen molar-refractivity contribution in [3.63, 3.8) is 0 Å². The Bertz CT molecular complexity index is 2340. The molecule has 1 heterocycles. The minimum atomic E-state index is 1.11. The number of rotatable bonds is 9. The molecule has 0 bridgehead atoms. The zero-order valence-electron chi connectivity index (χ0n) is 28.5. The number of hydrogen-bond donors (Lipinski definition) is 0.